The van der Waals surface area contributed by atoms with Crippen molar-refractivity contribution >= 4 is 28.6 Å². The molecule has 0 saturated heterocycles. The number of halogens is 1. The van der Waals surface area contributed by atoms with Crippen LogP contribution in [0.25, 0.3) is 0 Å². The molecule has 6 heteroatoms. The molecule has 0 radical (unpaired) electrons. The Kier molecular flexibility index (Phi) is 5.38. The molecule has 1 atom stereocenters. The molecule has 0 aliphatic carbocycles. The highest BCUT2D eigenvalue weighted by molar-refractivity contribution is 14.1. The number of hydrogen-bond acceptors (Lipinski definition) is 4. The average Bonchev–Trinajstić information content (AvgIpc) is 2.64. The molecule has 0 aliphatic rings. The molecule has 0 fully saturated rings. The summed E-state index contributed by atoms with van der Waals surface area (Å²) in [7, 11) is 0. The highest BCUT2D eigenvalue weighted by Gasteiger charge is 2.34. The van der Waals surface area contributed by atoms with Crippen LogP contribution in [-0.2, 0) is 16.1 Å². The topological polar surface area (TPSA) is 56.2 Å². The molecule has 17 heavy (non-hydrogen) atoms. The van der Waals surface area contributed by atoms with Crippen molar-refractivity contribution in [2.24, 2.45) is 0 Å². The SMILES string of the molecule is CCNC(C)(Cn1cc(I)cn1)C(=O)OCC. The Hall–Kier alpha value is -0.630. The predicted octanol–water partition coefficient (Wildman–Crippen LogP) is 1.42. The summed E-state index contributed by atoms with van der Waals surface area (Å²) < 4.78 is 7.89. The largest absolute Gasteiger partial charge is 0.465 e. The van der Waals surface area contributed by atoms with Gasteiger partial charge in [-0.15, -0.1) is 0 Å². The van der Waals surface area contributed by atoms with Gasteiger partial charge in [-0.25, -0.2) is 4.79 Å². The summed E-state index contributed by atoms with van der Waals surface area (Å²) in [5, 5.41) is 7.35. The maximum absolute atomic E-state index is 11.9. The smallest absolute Gasteiger partial charge is 0.327 e. The van der Waals surface area contributed by atoms with Crippen molar-refractivity contribution < 1.29 is 9.53 Å². The minimum atomic E-state index is -0.736. The number of esters is 1. The standard InChI is InChI=1S/C11H18IN3O2/c1-4-13-11(3,10(16)17-5-2)8-15-7-9(12)6-14-15/h6-7,13H,4-5,8H2,1-3H3. The number of rotatable bonds is 6. The third kappa shape index (κ3) is 3.95. The van der Waals surface area contributed by atoms with Crippen molar-refractivity contribution in [2.45, 2.75) is 32.9 Å². The van der Waals surface area contributed by atoms with E-state index in [1.165, 1.54) is 0 Å². The van der Waals surface area contributed by atoms with Gasteiger partial charge in [0, 0.05) is 6.20 Å². The summed E-state index contributed by atoms with van der Waals surface area (Å²) in [5.74, 6) is -0.243. The fourth-order valence-corrected chi connectivity index (χ4v) is 2.07. The molecule has 0 aromatic carbocycles. The summed E-state index contributed by atoms with van der Waals surface area (Å²) in [4.78, 5) is 11.9. The van der Waals surface area contributed by atoms with E-state index in [0.29, 0.717) is 19.7 Å². The lowest BCUT2D eigenvalue weighted by Gasteiger charge is -2.27. The van der Waals surface area contributed by atoms with Crippen LogP contribution in [0.4, 0.5) is 0 Å². The third-order valence-electron chi connectivity index (χ3n) is 2.37. The minimum Gasteiger partial charge on any atom is -0.465 e. The van der Waals surface area contributed by atoms with Crippen molar-refractivity contribution in [3.63, 3.8) is 0 Å². The predicted molar refractivity (Wildman–Crippen MR) is 73.7 cm³/mol. The molecule has 1 aromatic rings. The van der Waals surface area contributed by atoms with Crippen LogP contribution >= 0.6 is 22.6 Å². The Morgan fingerprint density at radius 3 is 2.82 bits per heavy atom. The van der Waals surface area contributed by atoms with E-state index in [0.717, 1.165) is 3.57 Å². The first-order valence-electron chi connectivity index (χ1n) is 5.62. The molecular formula is C11H18IN3O2. The molecule has 0 spiro atoms. The van der Waals surface area contributed by atoms with Gasteiger partial charge in [-0.05, 0) is 43.0 Å². The van der Waals surface area contributed by atoms with Crippen molar-refractivity contribution in [3.8, 4) is 0 Å². The minimum absolute atomic E-state index is 0.243. The summed E-state index contributed by atoms with van der Waals surface area (Å²) >= 11 is 2.19. The van der Waals surface area contributed by atoms with Gasteiger partial charge < -0.3 is 10.1 Å². The monoisotopic (exact) mass is 351 g/mol. The van der Waals surface area contributed by atoms with Crippen molar-refractivity contribution in [1.29, 1.82) is 0 Å². The molecule has 0 bridgehead atoms. The van der Waals surface area contributed by atoms with Gasteiger partial charge in [-0.2, -0.15) is 5.10 Å². The van der Waals surface area contributed by atoms with Gasteiger partial charge in [0.25, 0.3) is 0 Å². The Morgan fingerprint density at radius 1 is 1.65 bits per heavy atom. The van der Waals surface area contributed by atoms with Crippen LogP contribution in [0.2, 0.25) is 0 Å². The Morgan fingerprint density at radius 2 is 2.35 bits per heavy atom. The van der Waals surface area contributed by atoms with E-state index in [1.807, 2.05) is 20.0 Å². The second-order valence-electron chi connectivity index (χ2n) is 3.94. The zero-order chi connectivity index (χ0) is 12.9. The van der Waals surface area contributed by atoms with E-state index in [1.54, 1.807) is 17.8 Å². The number of carbonyl (C=O) groups excluding carboxylic acids is 1. The molecule has 0 saturated carbocycles. The molecule has 1 unspecified atom stereocenters. The Balaban J connectivity index is 2.80. The lowest BCUT2D eigenvalue weighted by Crippen LogP contribution is -2.53. The molecular weight excluding hydrogens is 333 g/mol. The first-order valence-corrected chi connectivity index (χ1v) is 6.70. The van der Waals surface area contributed by atoms with Crippen LogP contribution in [0, 0.1) is 3.57 Å². The fraction of sp³-hybridized carbons (Fsp3) is 0.636. The summed E-state index contributed by atoms with van der Waals surface area (Å²) in [5.41, 5.74) is -0.736. The zero-order valence-corrected chi connectivity index (χ0v) is 12.5. The molecule has 0 aliphatic heterocycles. The molecule has 5 nitrogen and oxygen atoms in total. The number of likely N-dealkylation sites (N-methyl/N-ethyl adjacent to an activating group) is 1. The van der Waals surface area contributed by atoms with Crippen LogP contribution in [0.15, 0.2) is 12.4 Å². The lowest BCUT2D eigenvalue weighted by atomic mass is 10.0. The van der Waals surface area contributed by atoms with Crippen LogP contribution in [0.3, 0.4) is 0 Å². The van der Waals surface area contributed by atoms with Crippen molar-refractivity contribution in [3.05, 3.63) is 16.0 Å². The zero-order valence-electron chi connectivity index (χ0n) is 10.4. The van der Waals surface area contributed by atoms with Crippen LogP contribution in [0.1, 0.15) is 20.8 Å². The van der Waals surface area contributed by atoms with E-state index in [2.05, 4.69) is 33.0 Å². The Bertz CT molecular complexity index is 381. The molecule has 1 rings (SSSR count). The van der Waals surface area contributed by atoms with E-state index in [4.69, 9.17) is 4.74 Å². The normalized spacial score (nSPS) is 14.4. The quantitative estimate of drug-likeness (QED) is 0.622. The molecule has 1 N–H and O–H groups in total. The van der Waals surface area contributed by atoms with Gasteiger partial charge in [-0.3, -0.25) is 4.68 Å². The average molecular weight is 351 g/mol. The van der Waals surface area contributed by atoms with Gasteiger partial charge >= 0.3 is 5.97 Å². The van der Waals surface area contributed by atoms with Gasteiger partial charge in [0.05, 0.1) is 22.9 Å². The summed E-state index contributed by atoms with van der Waals surface area (Å²) in [6.07, 6.45) is 3.66. The van der Waals surface area contributed by atoms with Gasteiger partial charge in [0.2, 0.25) is 0 Å². The summed E-state index contributed by atoms with van der Waals surface area (Å²) in [6.45, 7) is 7.15. The lowest BCUT2D eigenvalue weighted by molar-refractivity contribution is -0.151. The second-order valence-corrected chi connectivity index (χ2v) is 5.18. The number of carbonyl (C=O) groups is 1. The fourth-order valence-electron chi connectivity index (χ4n) is 1.62. The number of hydrogen-bond donors (Lipinski definition) is 1. The van der Waals surface area contributed by atoms with E-state index >= 15 is 0 Å². The molecule has 1 aromatic heterocycles. The maximum atomic E-state index is 11.9. The third-order valence-corrected chi connectivity index (χ3v) is 2.93. The van der Waals surface area contributed by atoms with E-state index in [9.17, 15) is 4.79 Å². The number of nitrogens with one attached hydrogen (secondary N) is 1. The number of nitrogens with zero attached hydrogens (tertiary/aromatic N) is 2. The first-order chi connectivity index (χ1) is 8.01. The van der Waals surface area contributed by atoms with Gasteiger partial charge in [-0.1, -0.05) is 6.92 Å². The van der Waals surface area contributed by atoms with E-state index in [-0.39, 0.29) is 5.97 Å². The molecule has 96 valence electrons. The molecule has 0 amide bonds. The molecule has 1 heterocycles. The van der Waals surface area contributed by atoms with Crippen LogP contribution < -0.4 is 5.32 Å². The van der Waals surface area contributed by atoms with Crippen molar-refractivity contribution in [1.82, 2.24) is 15.1 Å². The van der Waals surface area contributed by atoms with Gasteiger partial charge in [0.1, 0.15) is 5.54 Å². The van der Waals surface area contributed by atoms with Crippen LogP contribution in [-0.4, -0.2) is 34.4 Å². The van der Waals surface area contributed by atoms with E-state index < -0.39 is 5.54 Å². The highest BCUT2D eigenvalue weighted by atomic mass is 127. The maximum Gasteiger partial charge on any atom is 0.327 e. The van der Waals surface area contributed by atoms with Crippen molar-refractivity contribution in [2.75, 3.05) is 13.2 Å². The van der Waals surface area contributed by atoms with Crippen LogP contribution in [0.5, 0.6) is 0 Å². The Labute approximate surface area is 115 Å². The highest BCUT2D eigenvalue weighted by Crippen LogP contribution is 2.11. The number of ether oxygens (including phenoxy) is 1. The van der Waals surface area contributed by atoms with Gasteiger partial charge in [0.15, 0.2) is 0 Å². The number of aromatic nitrogens is 2. The summed E-state index contributed by atoms with van der Waals surface area (Å²) in [6, 6.07) is 0. The second kappa shape index (κ2) is 6.34. The first kappa shape index (κ1) is 14.4.